The number of hydrogen-bond acceptors (Lipinski definition) is 7. The Labute approximate surface area is 226 Å². The highest BCUT2D eigenvalue weighted by Gasteiger charge is 2.38. The molecule has 3 aromatic heterocycles. The summed E-state index contributed by atoms with van der Waals surface area (Å²) in [6, 6.07) is 7.00. The van der Waals surface area contributed by atoms with Crippen LogP contribution in [-0.2, 0) is 6.54 Å². The Morgan fingerprint density at radius 1 is 1.08 bits per heavy atom. The van der Waals surface area contributed by atoms with Crippen LogP contribution in [0.5, 0.6) is 0 Å². The van der Waals surface area contributed by atoms with Gasteiger partial charge in [0.25, 0.3) is 0 Å². The summed E-state index contributed by atoms with van der Waals surface area (Å²) in [6.45, 7) is 11.2. The molecule has 1 aromatic carbocycles. The van der Waals surface area contributed by atoms with Crippen molar-refractivity contribution in [2.45, 2.75) is 52.6 Å². The smallest absolute Gasteiger partial charge is 0.229 e. The fourth-order valence-electron chi connectivity index (χ4n) is 6.19. The van der Waals surface area contributed by atoms with E-state index in [-0.39, 0.29) is 23.2 Å². The van der Waals surface area contributed by atoms with E-state index in [9.17, 15) is 8.78 Å². The van der Waals surface area contributed by atoms with Crippen LogP contribution in [0.3, 0.4) is 0 Å². The van der Waals surface area contributed by atoms with Crippen molar-refractivity contribution in [3.63, 3.8) is 0 Å². The molecule has 8 nitrogen and oxygen atoms in total. The molecule has 0 amide bonds. The van der Waals surface area contributed by atoms with Crippen molar-refractivity contribution in [1.82, 2.24) is 34.7 Å². The second kappa shape index (κ2) is 10.2. The van der Waals surface area contributed by atoms with Gasteiger partial charge in [-0.15, -0.1) is 0 Å². The number of aryl methyl sites for hydroxylation is 1. The summed E-state index contributed by atoms with van der Waals surface area (Å²) in [5.41, 5.74) is 2.77. The van der Waals surface area contributed by atoms with E-state index in [2.05, 4.69) is 35.5 Å². The minimum Gasteiger partial charge on any atom is -0.326 e. The van der Waals surface area contributed by atoms with E-state index >= 15 is 0 Å². The van der Waals surface area contributed by atoms with Gasteiger partial charge in [-0.05, 0) is 82.3 Å². The van der Waals surface area contributed by atoms with Crippen LogP contribution >= 0.6 is 0 Å². The van der Waals surface area contributed by atoms with E-state index < -0.39 is 11.6 Å². The zero-order valence-electron chi connectivity index (χ0n) is 22.6. The minimum absolute atomic E-state index is 0.0132. The molecule has 0 bridgehead atoms. The third-order valence-electron chi connectivity index (χ3n) is 8.01. The van der Waals surface area contributed by atoms with Crippen molar-refractivity contribution >= 4 is 22.8 Å². The fourth-order valence-corrected chi connectivity index (χ4v) is 6.19. The van der Waals surface area contributed by atoms with Crippen LogP contribution in [0.2, 0.25) is 0 Å². The Bertz CT molecular complexity index is 1490. The molecule has 204 valence electrons. The molecule has 6 rings (SSSR count). The lowest BCUT2D eigenvalue weighted by Gasteiger charge is -2.34. The maximum atomic E-state index is 15.0. The number of benzene rings is 1. The fraction of sp³-hybridized carbons (Fsp3) is 0.448. The number of piperidine rings is 1. The van der Waals surface area contributed by atoms with E-state index in [0.29, 0.717) is 28.1 Å². The van der Waals surface area contributed by atoms with Gasteiger partial charge >= 0.3 is 0 Å². The van der Waals surface area contributed by atoms with Crippen LogP contribution < -0.4 is 10.6 Å². The van der Waals surface area contributed by atoms with Crippen LogP contribution in [0.4, 0.5) is 20.5 Å². The molecule has 2 aliphatic rings. The summed E-state index contributed by atoms with van der Waals surface area (Å²) in [4.78, 5) is 19.9. The van der Waals surface area contributed by atoms with Gasteiger partial charge in [0.15, 0.2) is 11.6 Å². The Balaban J connectivity index is 1.19. The normalized spacial score (nSPS) is 19.9. The summed E-state index contributed by atoms with van der Waals surface area (Å²) in [5.74, 6) is 0.295. The Kier molecular flexibility index (Phi) is 6.76. The van der Waals surface area contributed by atoms with Gasteiger partial charge in [-0.1, -0.05) is 6.07 Å². The molecule has 2 fully saturated rings. The van der Waals surface area contributed by atoms with Gasteiger partial charge in [0.05, 0.1) is 11.7 Å². The third-order valence-corrected chi connectivity index (χ3v) is 8.01. The van der Waals surface area contributed by atoms with Gasteiger partial charge in [-0.2, -0.15) is 0 Å². The van der Waals surface area contributed by atoms with Crippen LogP contribution in [0.1, 0.15) is 50.5 Å². The number of aromatic nitrogens is 5. The minimum atomic E-state index is -0.633. The van der Waals surface area contributed by atoms with E-state index in [1.807, 2.05) is 43.7 Å². The van der Waals surface area contributed by atoms with E-state index in [4.69, 9.17) is 0 Å². The number of hydrogen-bond donors (Lipinski definition) is 2. The summed E-state index contributed by atoms with van der Waals surface area (Å²) >= 11 is 0. The molecule has 1 atom stereocenters. The maximum Gasteiger partial charge on any atom is 0.229 e. The van der Waals surface area contributed by atoms with Gasteiger partial charge in [-0.3, -0.25) is 4.90 Å². The average Bonchev–Trinajstić information content (AvgIpc) is 3.46. The number of nitrogens with one attached hydrogen (secondary N) is 2. The Morgan fingerprint density at radius 3 is 2.69 bits per heavy atom. The van der Waals surface area contributed by atoms with Crippen LogP contribution in [-0.4, -0.2) is 55.6 Å². The number of nitrogens with zero attached hydrogens (tertiary/aromatic N) is 6. The second-order valence-electron chi connectivity index (χ2n) is 11.3. The summed E-state index contributed by atoms with van der Waals surface area (Å²) in [6.07, 6.45) is 6.76. The van der Waals surface area contributed by atoms with Gasteiger partial charge in [0.1, 0.15) is 22.9 Å². The maximum absolute atomic E-state index is 15.0. The highest BCUT2D eigenvalue weighted by molar-refractivity contribution is 5.83. The predicted octanol–water partition coefficient (Wildman–Crippen LogP) is 5.37. The molecule has 0 aliphatic carbocycles. The quantitative estimate of drug-likeness (QED) is 0.345. The van der Waals surface area contributed by atoms with Gasteiger partial charge in [0, 0.05) is 37.4 Å². The molecule has 2 N–H and O–H groups in total. The van der Waals surface area contributed by atoms with Crippen molar-refractivity contribution in [2.75, 3.05) is 31.5 Å². The summed E-state index contributed by atoms with van der Waals surface area (Å²) in [7, 11) is 0. The van der Waals surface area contributed by atoms with Crippen molar-refractivity contribution in [2.24, 2.45) is 5.41 Å². The van der Waals surface area contributed by atoms with Gasteiger partial charge in [0.2, 0.25) is 5.95 Å². The standard InChI is InChI=1S/C29H34F2N8/c1-18(2)39-19(3)35-27-22(30)11-21(12-24(27)39)26-23(31)14-34-28(37-26)36-25-6-5-20(13-33-25)15-38-10-8-29(17-38)7-4-9-32-16-29/h5-6,11-14,18,32H,4,7-10,15-17H2,1-3H3,(H,33,34,36,37). The SMILES string of the molecule is Cc1nc2c(F)cc(-c3nc(Nc4ccc(CN5CCC6(CCCNC6)C5)cn4)ncc3F)cc2n1C(C)C. The zero-order valence-corrected chi connectivity index (χ0v) is 22.6. The number of rotatable bonds is 6. The van der Waals surface area contributed by atoms with Crippen LogP contribution in [0.15, 0.2) is 36.7 Å². The van der Waals surface area contributed by atoms with Crippen molar-refractivity contribution < 1.29 is 8.78 Å². The first-order valence-electron chi connectivity index (χ1n) is 13.7. The molecule has 0 saturated carbocycles. The average molecular weight is 533 g/mol. The molecular formula is C29H34F2N8. The van der Waals surface area contributed by atoms with Crippen LogP contribution in [0, 0.1) is 24.0 Å². The lowest BCUT2D eigenvalue weighted by Crippen LogP contribution is -2.41. The number of anilines is 2. The molecule has 4 aromatic rings. The summed E-state index contributed by atoms with van der Waals surface area (Å²) < 4.78 is 31.8. The molecule has 0 radical (unpaired) electrons. The third kappa shape index (κ3) is 5.10. The largest absolute Gasteiger partial charge is 0.326 e. The number of fused-ring (bicyclic) bond motifs is 1. The summed E-state index contributed by atoms with van der Waals surface area (Å²) in [5, 5.41) is 6.62. The lowest BCUT2D eigenvalue weighted by molar-refractivity contribution is 0.199. The Morgan fingerprint density at radius 2 is 1.95 bits per heavy atom. The number of imidazole rings is 1. The highest BCUT2D eigenvalue weighted by atomic mass is 19.1. The molecule has 10 heteroatoms. The van der Waals surface area contributed by atoms with Crippen molar-refractivity contribution in [3.05, 3.63) is 59.7 Å². The number of halogens is 2. The first kappa shape index (κ1) is 25.8. The topological polar surface area (TPSA) is 83.8 Å². The van der Waals surface area contributed by atoms with Gasteiger partial charge in [-0.25, -0.2) is 28.7 Å². The second-order valence-corrected chi connectivity index (χ2v) is 11.3. The molecule has 2 saturated heterocycles. The number of pyridine rings is 1. The number of likely N-dealkylation sites (tertiary alicyclic amines) is 1. The molecule has 39 heavy (non-hydrogen) atoms. The zero-order chi connectivity index (χ0) is 27.1. The Hall–Kier alpha value is -3.50. The molecule has 1 spiro atoms. The monoisotopic (exact) mass is 532 g/mol. The van der Waals surface area contributed by atoms with E-state index in [1.54, 1.807) is 6.07 Å². The predicted molar refractivity (Wildman–Crippen MR) is 148 cm³/mol. The molecular weight excluding hydrogens is 498 g/mol. The van der Waals surface area contributed by atoms with Crippen molar-refractivity contribution in [1.29, 1.82) is 0 Å². The lowest BCUT2D eigenvalue weighted by atomic mass is 9.80. The first-order chi connectivity index (χ1) is 18.8. The molecule has 5 heterocycles. The van der Waals surface area contributed by atoms with E-state index in [0.717, 1.165) is 44.5 Å². The molecule has 1 unspecified atom stereocenters. The van der Waals surface area contributed by atoms with E-state index in [1.165, 1.54) is 25.3 Å². The first-order valence-corrected chi connectivity index (χ1v) is 13.7. The van der Waals surface area contributed by atoms with Crippen molar-refractivity contribution in [3.8, 4) is 11.3 Å². The van der Waals surface area contributed by atoms with Crippen LogP contribution in [0.25, 0.3) is 22.3 Å². The van der Waals surface area contributed by atoms with Gasteiger partial charge < -0.3 is 15.2 Å². The molecule has 2 aliphatic heterocycles. The highest BCUT2D eigenvalue weighted by Crippen LogP contribution is 2.37.